The van der Waals surface area contributed by atoms with Gasteiger partial charge in [0.05, 0.1) is 0 Å². The molecule has 1 rings (SSSR count). The molecule has 0 spiro atoms. The fourth-order valence-electron chi connectivity index (χ4n) is 3.77. The highest BCUT2D eigenvalue weighted by molar-refractivity contribution is 5.66. The van der Waals surface area contributed by atoms with Gasteiger partial charge in [0.1, 0.15) is 0 Å². The molecule has 1 aliphatic rings. The zero-order valence-electron chi connectivity index (χ0n) is 13.4. The van der Waals surface area contributed by atoms with Crippen molar-refractivity contribution in [3.05, 3.63) is 0 Å². The van der Waals surface area contributed by atoms with E-state index >= 15 is 0 Å². The molecule has 2 unspecified atom stereocenters. The Morgan fingerprint density at radius 2 is 1.45 bits per heavy atom. The summed E-state index contributed by atoms with van der Waals surface area (Å²) in [6.45, 7) is 2.36. The lowest BCUT2D eigenvalue weighted by molar-refractivity contribution is -0.137. The topological polar surface area (TPSA) is 37.3 Å². The number of hydrogen-bond acceptors (Lipinski definition) is 1. The summed E-state index contributed by atoms with van der Waals surface area (Å²) < 4.78 is 0. The number of aliphatic carboxylic acids is 1. The Balaban J connectivity index is 1.90. The zero-order valence-corrected chi connectivity index (χ0v) is 13.4. The van der Waals surface area contributed by atoms with E-state index in [2.05, 4.69) is 6.92 Å². The van der Waals surface area contributed by atoms with Crippen LogP contribution >= 0.6 is 0 Å². The van der Waals surface area contributed by atoms with Crippen LogP contribution in [0.1, 0.15) is 96.8 Å². The summed E-state index contributed by atoms with van der Waals surface area (Å²) in [6.07, 6.45) is 17.7. The summed E-state index contributed by atoms with van der Waals surface area (Å²) in [6, 6.07) is 0. The van der Waals surface area contributed by atoms with Crippen molar-refractivity contribution in [3.8, 4) is 0 Å². The van der Waals surface area contributed by atoms with Crippen LogP contribution in [-0.2, 0) is 4.79 Å². The average Bonchev–Trinajstić information content (AvgIpc) is 2.45. The second-order valence-electron chi connectivity index (χ2n) is 6.62. The van der Waals surface area contributed by atoms with Crippen molar-refractivity contribution in [1.82, 2.24) is 0 Å². The third kappa shape index (κ3) is 7.91. The van der Waals surface area contributed by atoms with Crippen LogP contribution in [0.3, 0.4) is 0 Å². The van der Waals surface area contributed by atoms with E-state index in [1.807, 2.05) is 0 Å². The van der Waals surface area contributed by atoms with E-state index in [9.17, 15) is 4.79 Å². The zero-order chi connectivity index (χ0) is 14.6. The van der Waals surface area contributed by atoms with E-state index < -0.39 is 5.97 Å². The predicted molar refractivity (Wildman–Crippen MR) is 84.9 cm³/mol. The summed E-state index contributed by atoms with van der Waals surface area (Å²) in [7, 11) is 0. The van der Waals surface area contributed by atoms with Crippen LogP contribution in [-0.4, -0.2) is 11.1 Å². The van der Waals surface area contributed by atoms with Gasteiger partial charge in [0.15, 0.2) is 0 Å². The molecule has 2 heteroatoms. The number of carboxylic acid groups (broad SMARTS) is 1. The lowest BCUT2D eigenvalue weighted by atomic mass is 9.75. The van der Waals surface area contributed by atoms with Gasteiger partial charge in [0.2, 0.25) is 0 Å². The Bertz CT molecular complexity index is 250. The first kappa shape index (κ1) is 17.5. The normalized spacial score (nSPS) is 22.9. The quantitative estimate of drug-likeness (QED) is 0.486. The monoisotopic (exact) mass is 282 g/mol. The molecule has 118 valence electrons. The molecule has 0 heterocycles. The van der Waals surface area contributed by atoms with E-state index in [1.54, 1.807) is 0 Å². The number of carboxylic acids is 1. The van der Waals surface area contributed by atoms with E-state index in [-0.39, 0.29) is 0 Å². The molecule has 0 bridgehead atoms. The summed E-state index contributed by atoms with van der Waals surface area (Å²) in [5, 5.41) is 8.55. The number of unbranched alkanes of at least 4 members (excludes halogenated alkanes) is 6. The smallest absolute Gasteiger partial charge is 0.303 e. The van der Waals surface area contributed by atoms with E-state index in [0.29, 0.717) is 6.42 Å². The number of hydrogen-bond donors (Lipinski definition) is 1. The van der Waals surface area contributed by atoms with E-state index in [0.717, 1.165) is 24.7 Å². The van der Waals surface area contributed by atoms with Crippen LogP contribution in [0.2, 0.25) is 0 Å². The van der Waals surface area contributed by atoms with Gasteiger partial charge in [-0.05, 0) is 18.3 Å². The lowest BCUT2D eigenvalue weighted by Gasteiger charge is -2.30. The molecular formula is C18H34O2. The van der Waals surface area contributed by atoms with Gasteiger partial charge in [0.25, 0.3) is 0 Å². The van der Waals surface area contributed by atoms with Crippen molar-refractivity contribution in [2.45, 2.75) is 96.8 Å². The van der Waals surface area contributed by atoms with Gasteiger partial charge in [-0.1, -0.05) is 84.0 Å². The van der Waals surface area contributed by atoms with Gasteiger partial charge in [-0.2, -0.15) is 0 Å². The molecule has 0 aliphatic heterocycles. The summed E-state index contributed by atoms with van der Waals surface area (Å²) in [4.78, 5) is 10.4. The first-order valence-electron chi connectivity index (χ1n) is 8.95. The van der Waals surface area contributed by atoms with Gasteiger partial charge in [0, 0.05) is 6.42 Å². The third-order valence-electron chi connectivity index (χ3n) is 5.06. The minimum absolute atomic E-state index is 0.347. The highest BCUT2D eigenvalue weighted by atomic mass is 16.4. The molecule has 0 radical (unpaired) electrons. The van der Waals surface area contributed by atoms with Crippen LogP contribution < -0.4 is 0 Å². The molecule has 2 atom stereocenters. The van der Waals surface area contributed by atoms with Gasteiger partial charge in [-0.15, -0.1) is 0 Å². The summed E-state index contributed by atoms with van der Waals surface area (Å²) in [5.74, 6) is 1.38. The van der Waals surface area contributed by atoms with E-state index in [4.69, 9.17) is 5.11 Å². The van der Waals surface area contributed by atoms with Gasteiger partial charge < -0.3 is 5.11 Å². The predicted octanol–water partition coefficient (Wildman–Crippen LogP) is 5.80. The maximum absolute atomic E-state index is 10.4. The van der Waals surface area contributed by atoms with Crippen LogP contribution in [0.25, 0.3) is 0 Å². The summed E-state index contributed by atoms with van der Waals surface area (Å²) >= 11 is 0. The van der Waals surface area contributed by atoms with Crippen molar-refractivity contribution in [1.29, 1.82) is 0 Å². The van der Waals surface area contributed by atoms with E-state index in [1.165, 1.54) is 70.6 Å². The van der Waals surface area contributed by atoms with Crippen LogP contribution in [0, 0.1) is 11.8 Å². The Labute approximate surface area is 125 Å². The first-order chi connectivity index (χ1) is 9.74. The maximum atomic E-state index is 10.4. The minimum Gasteiger partial charge on any atom is -0.481 e. The lowest BCUT2D eigenvalue weighted by Crippen LogP contribution is -2.18. The maximum Gasteiger partial charge on any atom is 0.303 e. The molecule has 0 aromatic carbocycles. The SMILES string of the molecule is CCC1CCCCC1CCCCCCCCCC(=O)O. The molecule has 1 saturated carbocycles. The Morgan fingerprint density at radius 3 is 2.05 bits per heavy atom. The van der Waals surface area contributed by atoms with Gasteiger partial charge in [-0.3, -0.25) is 4.79 Å². The van der Waals surface area contributed by atoms with Crippen LogP contribution in [0.15, 0.2) is 0 Å². The summed E-state index contributed by atoms with van der Waals surface area (Å²) in [5.41, 5.74) is 0. The fourth-order valence-corrected chi connectivity index (χ4v) is 3.77. The molecule has 0 saturated heterocycles. The Kier molecular flexibility index (Phi) is 9.78. The van der Waals surface area contributed by atoms with Crippen molar-refractivity contribution < 1.29 is 9.90 Å². The van der Waals surface area contributed by atoms with Gasteiger partial charge in [-0.25, -0.2) is 0 Å². The molecular weight excluding hydrogens is 248 g/mol. The molecule has 2 nitrogen and oxygen atoms in total. The van der Waals surface area contributed by atoms with Crippen molar-refractivity contribution in [3.63, 3.8) is 0 Å². The highest BCUT2D eigenvalue weighted by Gasteiger charge is 2.22. The molecule has 1 fully saturated rings. The fraction of sp³-hybridized carbons (Fsp3) is 0.944. The molecule has 0 aromatic rings. The second kappa shape index (κ2) is 11.2. The van der Waals surface area contributed by atoms with Crippen LogP contribution in [0.4, 0.5) is 0 Å². The third-order valence-corrected chi connectivity index (χ3v) is 5.06. The van der Waals surface area contributed by atoms with Crippen molar-refractivity contribution >= 4 is 5.97 Å². The van der Waals surface area contributed by atoms with Crippen molar-refractivity contribution in [2.24, 2.45) is 11.8 Å². The Morgan fingerprint density at radius 1 is 0.900 bits per heavy atom. The van der Waals surface area contributed by atoms with Crippen LogP contribution in [0.5, 0.6) is 0 Å². The molecule has 1 aliphatic carbocycles. The molecule has 0 aromatic heterocycles. The van der Waals surface area contributed by atoms with Crippen molar-refractivity contribution in [2.75, 3.05) is 0 Å². The second-order valence-corrected chi connectivity index (χ2v) is 6.62. The average molecular weight is 282 g/mol. The molecule has 0 amide bonds. The first-order valence-corrected chi connectivity index (χ1v) is 8.95. The molecule has 20 heavy (non-hydrogen) atoms. The standard InChI is InChI=1S/C18H34O2/c1-2-16-12-10-11-14-17(16)13-8-6-4-3-5-7-9-15-18(19)20/h16-17H,2-15H2,1H3,(H,19,20). The molecule has 1 N–H and O–H groups in total. The minimum atomic E-state index is -0.650. The van der Waals surface area contributed by atoms with Gasteiger partial charge >= 0.3 is 5.97 Å². The largest absolute Gasteiger partial charge is 0.481 e. The number of rotatable bonds is 11. The highest BCUT2D eigenvalue weighted by Crippen LogP contribution is 2.35. The Hall–Kier alpha value is -0.530. The number of carbonyl (C=O) groups is 1.